The van der Waals surface area contributed by atoms with E-state index in [1.54, 1.807) is 12.1 Å². The fourth-order valence-corrected chi connectivity index (χ4v) is 3.82. The Bertz CT molecular complexity index is 1420. The summed E-state index contributed by atoms with van der Waals surface area (Å²) in [5.74, 6) is -21.9. The molecule has 14 heteroatoms. The van der Waals surface area contributed by atoms with Gasteiger partial charge in [0.25, 0.3) is 0 Å². The highest BCUT2D eigenvalue weighted by atomic mass is 19.4. The van der Waals surface area contributed by atoms with E-state index in [0.29, 0.717) is 6.61 Å². The molecule has 0 N–H and O–H groups in total. The van der Waals surface area contributed by atoms with Gasteiger partial charge in [0, 0.05) is 0 Å². The summed E-state index contributed by atoms with van der Waals surface area (Å²) in [5, 5.41) is 0. The number of halogens is 9. The molecule has 0 unspecified atom stereocenters. The molecule has 0 aromatic heterocycles. The Hall–Kier alpha value is -4.23. The highest BCUT2D eigenvalue weighted by Crippen LogP contribution is 2.53. The van der Waals surface area contributed by atoms with E-state index in [9.17, 15) is 49.1 Å². The molecule has 244 valence electrons. The van der Waals surface area contributed by atoms with E-state index in [1.165, 1.54) is 12.1 Å². The number of hydrogen-bond acceptors (Lipinski definition) is 5. The monoisotopic (exact) mass is 650 g/mol. The lowest BCUT2D eigenvalue weighted by Gasteiger charge is -2.33. The zero-order valence-corrected chi connectivity index (χ0v) is 23.6. The molecule has 0 aliphatic carbocycles. The maximum Gasteiger partial charge on any atom is 0.460 e. The largest absolute Gasteiger partial charge is 0.494 e. The minimum Gasteiger partial charge on any atom is -0.494 e. The first-order valence-electron chi connectivity index (χ1n) is 13.5. The number of unbranched alkanes of at least 4 members (excludes halogenated alkanes) is 3. The second-order valence-corrected chi connectivity index (χ2v) is 9.85. The molecule has 0 aliphatic rings. The van der Waals surface area contributed by atoms with E-state index in [1.807, 2.05) is 24.3 Å². The summed E-state index contributed by atoms with van der Waals surface area (Å²) in [4.78, 5) is 24.4. The van der Waals surface area contributed by atoms with Crippen LogP contribution in [0.2, 0.25) is 0 Å². The van der Waals surface area contributed by atoms with E-state index >= 15 is 0 Å². The van der Waals surface area contributed by atoms with Crippen molar-refractivity contribution in [3.8, 4) is 22.6 Å². The first kappa shape index (κ1) is 35.3. The average Bonchev–Trinajstić information content (AvgIpc) is 3.00. The highest BCUT2D eigenvalue weighted by Gasteiger charge is 2.82. The van der Waals surface area contributed by atoms with Crippen LogP contribution in [-0.2, 0) is 4.74 Å². The van der Waals surface area contributed by atoms with Gasteiger partial charge in [-0.15, -0.1) is 0 Å². The fourth-order valence-electron chi connectivity index (χ4n) is 3.82. The van der Waals surface area contributed by atoms with Crippen LogP contribution >= 0.6 is 0 Å². The minimum atomic E-state index is -7.10. The van der Waals surface area contributed by atoms with Gasteiger partial charge in [-0.3, -0.25) is 0 Å². The molecular weight excluding hydrogens is 623 g/mol. The minimum absolute atomic E-state index is 0.136. The maximum absolute atomic E-state index is 13.6. The number of ether oxygens (including phenoxy) is 3. The van der Waals surface area contributed by atoms with Gasteiger partial charge in [-0.2, -0.15) is 39.5 Å². The number of carbonyl (C=O) groups is 2. The average molecular weight is 651 g/mol. The van der Waals surface area contributed by atoms with Crippen LogP contribution in [0.4, 0.5) is 39.5 Å². The summed E-state index contributed by atoms with van der Waals surface area (Å²) in [7, 11) is 0. The number of alkyl halides is 9. The molecule has 45 heavy (non-hydrogen) atoms. The molecule has 0 bridgehead atoms. The molecule has 0 spiro atoms. The van der Waals surface area contributed by atoms with E-state index in [4.69, 9.17) is 9.47 Å². The second-order valence-electron chi connectivity index (χ2n) is 9.85. The Morgan fingerprint density at radius 2 is 1.09 bits per heavy atom. The number of benzene rings is 3. The van der Waals surface area contributed by atoms with Gasteiger partial charge in [-0.25, -0.2) is 9.59 Å². The lowest BCUT2D eigenvalue weighted by molar-refractivity contribution is -0.398. The highest BCUT2D eigenvalue weighted by molar-refractivity contribution is 5.94. The van der Waals surface area contributed by atoms with Gasteiger partial charge in [-0.1, -0.05) is 50.5 Å². The Balaban J connectivity index is 1.55. The van der Waals surface area contributed by atoms with Crippen LogP contribution in [0.5, 0.6) is 11.5 Å². The van der Waals surface area contributed by atoms with Gasteiger partial charge in [0.15, 0.2) is 6.61 Å². The van der Waals surface area contributed by atoms with Gasteiger partial charge in [0.05, 0.1) is 17.7 Å². The normalized spacial score (nSPS) is 12.5. The molecule has 3 aromatic rings. The second kappa shape index (κ2) is 14.2. The van der Waals surface area contributed by atoms with Gasteiger partial charge in [0.1, 0.15) is 11.5 Å². The Morgan fingerprint density at radius 1 is 0.600 bits per heavy atom. The summed E-state index contributed by atoms with van der Waals surface area (Å²) in [5.41, 5.74) is 0.968. The van der Waals surface area contributed by atoms with Crippen LogP contribution in [0.25, 0.3) is 11.1 Å². The molecule has 0 fully saturated rings. The quantitative estimate of drug-likeness (QED) is 0.0754. The Morgan fingerprint density at radius 3 is 1.58 bits per heavy atom. The van der Waals surface area contributed by atoms with Crippen molar-refractivity contribution in [2.45, 2.75) is 56.6 Å². The van der Waals surface area contributed by atoms with E-state index in [0.717, 1.165) is 66.8 Å². The molecule has 0 aliphatic heterocycles. The number of hydrogen-bond donors (Lipinski definition) is 0. The molecule has 0 radical (unpaired) electrons. The lowest BCUT2D eigenvalue weighted by atomic mass is 10.0. The van der Waals surface area contributed by atoms with Crippen molar-refractivity contribution in [2.75, 3.05) is 13.2 Å². The summed E-state index contributed by atoms with van der Waals surface area (Å²) >= 11 is 0. The topological polar surface area (TPSA) is 61.8 Å². The predicted octanol–water partition coefficient (Wildman–Crippen LogP) is 9.16. The Labute approximate surface area is 251 Å². The van der Waals surface area contributed by atoms with Crippen LogP contribution in [0.1, 0.15) is 53.3 Å². The third-order valence-corrected chi connectivity index (χ3v) is 6.47. The fraction of sp³-hybridized carbons (Fsp3) is 0.355. The summed E-state index contributed by atoms with van der Waals surface area (Å²) in [6, 6.07) is 17.6. The zero-order chi connectivity index (χ0) is 33.5. The van der Waals surface area contributed by atoms with Crippen molar-refractivity contribution >= 4 is 11.9 Å². The van der Waals surface area contributed by atoms with Crippen molar-refractivity contribution in [1.29, 1.82) is 0 Å². The van der Waals surface area contributed by atoms with Gasteiger partial charge < -0.3 is 14.2 Å². The van der Waals surface area contributed by atoms with Crippen LogP contribution < -0.4 is 9.47 Å². The third kappa shape index (κ3) is 8.49. The third-order valence-electron chi connectivity index (χ3n) is 6.47. The van der Waals surface area contributed by atoms with Gasteiger partial charge in [-0.05, 0) is 66.1 Å². The van der Waals surface area contributed by atoms with E-state index in [2.05, 4.69) is 11.7 Å². The molecule has 0 saturated heterocycles. The van der Waals surface area contributed by atoms with E-state index in [-0.39, 0.29) is 11.3 Å². The first-order valence-corrected chi connectivity index (χ1v) is 13.5. The molecule has 0 atom stereocenters. The van der Waals surface area contributed by atoms with E-state index < -0.39 is 48.1 Å². The zero-order valence-electron chi connectivity index (χ0n) is 23.6. The molecule has 3 aromatic carbocycles. The predicted molar refractivity (Wildman–Crippen MR) is 144 cm³/mol. The standard InChI is InChI=1S/C31H27F9O5/c1-2-3-4-5-18-43-24-14-10-20(11-15-24)21-12-16-25(17-13-21)45-27(42)23-8-6-22(7-9-23)26(41)44-19-28(32,33)29(34,35)30(36,37)31(38,39)40/h6-17H,2-5,18-19H2,1H3. The smallest absolute Gasteiger partial charge is 0.460 e. The van der Waals surface area contributed by atoms with Crippen LogP contribution in [0.3, 0.4) is 0 Å². The first-order chi connectivity index (χ1) is 21.0. The van der Waals surface area contributed by atoms with Crippen LogP contribution in [0, 0.1) is 0 Å². The molecular formula is C31H27F9O5. The maximum atomic E-state index is 13.6. The summed E-state index contributed by atoms with van der Waals surface area (Å²) in [6.07, 6.45) is -2.62. The van der Waals surface area contributed by atoms with Gasteiger partial charge >= 0.3 is 35.9 Å². The summed E-state index contributed by atoms with van der Waals surface area (Å²) < 4.78 is 131. The van der Waals surface area contributed by atoms with Gasteiger partial charge in [0.2, 0.25) is 0 Å². The van der Waals surface area contributed by atoms with Crippen molar-refractivity contribution < 1.29 is 63.3 Å². The van der Waals surface area contributed by atoms with Crippen molar-refractivity contribution in [2.24, 2.45) is 0 Å². The molecule has 0 saturated carbocycles. The Kier molecular flexibility index (Phi) is 11.2. The molecule has 0 heterocycles. The number of esters is 2. The molecule has 0 amide bonds. The number of carbonyl (C=O) groups excluding carboxylic acids is 2. The van der Waals surface area contributed by atoms with Crippen LogP contribution in [-0.4, -0.2) is 49.1 Å². The SMILES string of the molecule is CCCCCCOc1ccc(-c2ccc(OC(=O)c3ccc(C(=O)OCC(F)(F)C(F)(F)C(F)(F)C(F)(F)F)cc3)cc2)cc1. The number of rotatable bonds is 14. The van der Waals surface area contributed by atoms with Crippen molar-refractivity contribution in [3.05, 3.63) is 83.9 Å². The van der Waals surface area contributed by atoms with Crippen molar-refractivity contribution in [3.63, 3.8) is 0 Å². The lowest BCUT2D eigenvalue weighted by Crippen LogP contribution is -2.62. The molecule has 5 nitrogen and oxygen atoms in total. The van der Waals surface area contributed by atoms with Crippen molar-refractivity contribution in [1.82, 2.24) is 0 Å². The molecule has 3 rings (SSSR count). The summed E-state index contributed by atoms with van der Waals surface area (Å²) in [6.45, 7) is -0.0156. The van der Waals surface area contributed by atoms with Crippen LogP contribution in [0.15, 0.2) is 72.8 Å².